The number of aldehydes is 1. The summed E-state index contributed by atoms with van der Waals surface area (Å²) in [4.78, 5) is 23.2. The zero-order valence-electron chi connectivity index (χ0n) is 11.9. The summed E-state index contributed by atoms with van der Waals surface area (Å²) >= 11 is 0. The number of aryl methyl sites for hydroxylation is 1. The van der Waals surface area contributed by atoms with Crippen molar-refractivity contribution in [1.29, 1.82) is 0 Å². The fourth-order valence-electron chi connectivity index (χ4n) is 2.11. The van der Waals surface area contributed by atoms with Crippen molar-refractivity contribution in [3.63, 3.8) is 0 Å². The smallest absolute Gasteiger partial charge is 0.247 e. The van der Waals surface area contributed by atoms with Crippen LogP contribution >= 0.6 is 0 Å². The van der Waals surface area contributed by atoms with Crippen molar-refractivity contribution in [2.45, 2.75) is 26.8 Å². The maximum absolute atomic E-state index is 12.3. The minimum atomic E-state index is -0.440. The van der Waals surface area contributed by atoms with Gasteiger partial charge in [-0.05, 0) is 50.1 Å². The fraction of sp³-hybridized carbons (Fsp3) is 0.250. The van der Waals surface area contributed by atoms with Crippen LogP contribution in [0.3, 0.4) is 0 Å². The molecular weight excluding hydrogens is 252 g/mol. The standard InChI is InChI=1S/C16H18N2O2/c1-11-6-4-8-15(12(11)2)17-16(20)13(3)18-9-5-7-14(18)10-19/h4-10,13H,1-3H3,(H,17,20). The van der Waals surface area contributed by atoms with Crippen LogP contribution in [0.2, 0.25) is 0 Å². The number of rotatable bonds is 4. The molecule has 2 rings (SSSR count). The van der Waals surface area contributed by atoms with E-state index in [2.05, 4.69) is 5.32 Å². The van der Waals surface area contributed by atoms with E-state index in [0.29, 0.717) is 5.69 Å². The van der Waals surface area contributed by atoms with Crippen molar-refractivity contribution >= 4 is 17.9 Å². The van der Waals surface area contributed by atoms with Gasteiger partial charge in [0.15, 0.2) is 6.29 Å². The highest BCUT2D eigenvalue weighted by molar-refractivity contribution is 5.94. The highest BCUT2D eigenvalue weighted by Gasteiger charge is 2.17. The van der Waals surface area contributed by atoms with Crippen LogP contribution in [0.5, 0.6) is 0 Å². The Morgan fingerprint density at radius 3 is 2.70 bits per heavy atom. The maximum Gasteiger partial charge on any atom is 0.247 e. The lowest BCUT2D eigenvalue weighted by molar-refractivity contribution is -0.118. The lowest BCUT2D eigenvalue weighted by atomic mass is 10.1. The van der Waals surface area contributed by atoms with E-state index in [1.54, 1.807) is 29.8 Å². The minimum Gasteiger partial charge on any atom is -0.333 e. The van der Waals surface area contributed by atoms with Gasteiger partial charge in [0.05, 0.1) is 5.69 Å². The molecule has 4 nitrogen and oxygen atoms in total. The molecule has 0 saturated heterocycles. The van der Waals surface area contributed by atoms with Gasteiger partial charge in [0, 0.05) is 11.9 Å². The lowest BCUT2D eigenvalue weighted by Gasteiger charge is -2.17. The SMILES string of the molecule is Cc1cccc(NC(=O)C(C)n2cccc2C=O)c1C. The van der Waals surface area contributed by atoms with E-state index < -0.39 is 6.04 Å². The Morgan fingerprint density at radius 2 is 2.00 bits per heavy atom. The van der Waals surface area contributed by atoms with Crippen LogP contribution in [0, 0.1) is 13.8 Å². The van der Waals surface area contributed by atoms with Crippen LogP contribution in [0.4, 0.5) is 5.69 Å². The normalized spacial score (nSPS) is 11.9. The number of nitrogens with one attached hydrogen (secondary N) is 1. The predicted molar refractivity (Wildman–Crippen MR) is 79.1 cm³/mol. The van der Waals surface area contributed by atoms with Crippen LogP contribution in [0.15, 0.2) is 36.5 Å². The molecule has 104 valence electrons. The molecule has 0 saturated carbocycles. The van der Waals surface area contributed by atoms with Gasteiger partial charge in [-0.25, -0.2) is 0 Å². The quantitative estimate of drug-likeness (QED) is 0.868. The topological polar surface area (TPSA) is 51.1 Å². The van der Waals surface area contributed by atoms with Gasteiger partial charge >= 0.3 is 0 Å². The largest absolute Gasteiger partial charge is 0.333 e. The van der Waals surface area contributed by atoms with Crippen LogP contribution in [0.25, 0.3) is 0 Å². The summed E-state index contributed by atoms with van der Waals surface area (Å²) in [5.41, 5.74) is 3.48. The van der Waals surface area contributed by atoms with Gasteiger partial charge in [0.2, 0.25) is 5.91 Å². The van der Waals surface area contributed by atoms with E-state index in [0.717, 1.165) is 23.1 Å². The Labute approximate surface area is 118 Å². The Balaban J connectivity index is 2.20. The molecule has 0 fully saturated rings. The van der Waals surface area contributed by atoms with Gasteiger partial charge in [0.25, 0.3) is 0 Å². The number of hydrogen-bond donors (Lipinski definition) is 1. The number of carbonyl (C=O) groups is 2. The Hall–Kier alpha value is -2.36. The Morgan fingerprint density at radius 1 is 1.25 bits per heavy atom. The molecule has 0 aliphatic heterocycles. The average molecular weight is 270 g/mol. The van der Waals surface area contributed by atoms with Gasteiger partial charge in [-0.15, -0.1) is 0 Å². The molecule has 1 aromatic carbocycles. The van der Waals surface area contributed by atoms with Crippen molar-refractivity contribution in [3.8, 4) is 0 Å². The molecule has 1 aromatic heterocycles. The number of hydrogen-bond acceptors (Lipinski definition) is 2. The van der Waals surface area contributed by atoms with E-state index in [9.17, 15) is 9.59 Å². The van der Waals surface area contributed by atoms with Crippen molar-refractivity contribution in [2.24, 2.45) is 0 Å². The first kappa shape index (κ1) is 14.1. The summed E-state index contributed by atoms with van der Waals surface area (Å²) in [7, 11) is 0. The first-order valence-electron chi connectivity index (χ1n) is 6.53. The molecule has 1 atom stereocenters. The molecule has 2 aromatic rings. The highest BCUT2D eigenvalue weighted by atomic mass is 16.2. The number of nitrogens with zero attached hydrogens (tertiary/aromatic N) is 1. The summed E-state index contributed by atoms with van der Waals surface area (Å²) in [6.45, 7) is 5.75. The number of benzene rings is 1. The summed E-state index contributed by atoms with van der Waals surface area (Å²) in [6, 6.07) is 8.80. The van der Waals surface area contributed by atoms with Gasteiger partial charge in [-0.1, -0.05) is 12.1 Å². The number of carbonyl (C=O) groups excluding carboxylic acids is 2. The maximum atomic E-state index is 12.3. The zero-order chi connectivity index (χ0) is 14.7. The lowest BCUT2D eigenvalue weighted by Crippen LogP contribution is -2.24. The highest BCUT2D eigenvalue weighted by Crippen LogP contribution is 2.20. The van der Waals surface area contributed by atoms with Crippen LogP contribution in [-0.2, 0) is 4.79 Å². The van der Waals surface area contributed by atoms with Gasteiger partial charge < -0.3 is 9.88 Å². The third kappa shape index (κ3) is 2.64. The number of aromatic nitrogens is 1. The van der Waals surface area contributed by atoms with Crippen LogP contribution < -0.4 is 5.32 Å². The molecule has 0 aliphatic rings. The van der Waals surface area contributed by atoms with Crippen molar-refractivity contribution in [1.82, 2.24) is 4.57 Å². The molecule has 0 radical (unpaired) electrons. The van der Waals surface area contributed by atoms with E-state index in [1.807, 2.05) is 32.0 Å². The van der Waals surface area contributed by atoms with Crippen LogP contribution in [-0.4, -0.2) is 16.8 Å². The fourth-order valence-corrected chi connectivity index (χ4v) is 2.11. The average Bonchev–Trinajstić information content (AvgIpc) is 2.91. The van der Waals surface area contributed by atoms with Gasteiger partial charge in [0.1, 0.15) is 6.04 Å². The third-order valence-electron chi connectivity index (χ3n) is 3.59. The van der Waals surface area contributed by atoms with Crippen LogP contribution in [0.1, 0.15) is 34.6 Å². The molecule has 1 N–H and O–H groups in total. The Kier molecular flexibility index (Phi) is 4.03. The second-order valence-corrected chi connectivity index (χ2v) is 4.87. The van der Waals surface area contributed by atoms with E-state index in [1.165, 1.54) is 0 Å². The first-order chi connectivity index (χ1) is 9.54. The monoisotopic (exact) mass is 270 g/mol. The molecular formula is C16H18N2O2. The number of amides is 1. The van der Waals surface area contributed by atoms with Crippen molar-refractivity contribution in [2.75, 3.05) is 5.32 Å². The molecule has 1 unspecified atom stereocenters. The van der Waals surface area contributed by atoms with Crippen molar-refractivity contribution < 1.29 is 9.59 Å². The van der Waals surface area contributed by atoms with E-state index >= 15 is 0 Å². The van der Waals surface area contributed by atoms with Crippen molar-refractivity contribution in [3.05, 3.63) is 53.3 Å². The molecule has 0 bridgehead atoms. The molecule has 20 heavy (non-hydrogen) atoms. The van der Waals surface area contributed by atoms with E-state index in [4.69, 9.17) is 0 Å². The Bertz CT molecular complexity index is 644. The van der Waals surface area contributed by atoms with Gasteiger partial charge in [-0.3, -0.25) is 9.59 Å². The molecule has 1 amide bonds. The van der Waals surface area contributed by atoms with E-state index in [-0.39, 0.29) is 5.91 Å². The number of anilines is 1. The summed E-state index contributed by atoms with van der Waals surface area (Å²) in [6.07, 6.45) is 2.48. The molecule has 0 spiro atoms. The molecule has 0 aliphatic carbocycles. The zero-order valence-corrected chi connectivity index (χ0v) is 11.9. The second-order valence-electron chi connectivity index (χ2n) is 4.87. The minimum absolute atomic E-state index is 0.141. The molecule has 4 heteroatoms. The predicted octanol–water partition coefficient (Wildman–Crippen LogP) is 3.12. The molecule has 1 heterocycles. The summed E-state index contributed by atoms with van der Waals surface area (Å²) in [5, 5.41) is 2.91. The summed E-state index contributed by atoms with van der Waals surface area (Å²) in [5.74, 6) is -0.141. The van der Waals surface area contributed by atoms with Gasteiger partial charge in [-0.2, -0.15) is 0 Å². The third-order valence-corrected chi connectivity index (χ3v) is 3.59. The summed E-state index contributed by atoms with van der Waals surface area (Å²) < 4.78 is 1.66. The first-order valence-corrected chi connectivity index (χ1v) is 6.53. The second kappa shape index (κ2) is 5.74.